The Morgan fingerprint density at radius 2 is 1.60 bits per heavy atom. The molecule has 0 atom stereocenters. The van der Waals surface area contributed by atoms with Gasteiger partial charge < -0.3 is 10.2 Å². The third-order valence-corrected chi connectivity index (χ3v) is 2.82. The van der Waals surface area contributed by atoms with Crippen molar-refractivity contribution in [3.63, 3.8) is 0 Å². The third-order valence-electron chi connectivity index (χ3n) is 2.82. The van der Waals surface area contributed by atoms with Gasteiger partial charge in [-0.2, -0.15) is 0 Å². The predicted octanol–water partition coefficient (Wildman–Crippen LogP) is 3.49. The summed E-state index contributed by atoms with van der Waals surface area (Å²) in [6.45, 7) is 0. The zero-order valence-corrected chi connectivity index (χ0v) is 10.7. The van der Waals surface area contributed by atoms with Crippen LogP contribution in [0.5, 0.6) is 0 Å². The number of anilines is 1. The molecule has 0 radical (unpaired) electrons. The van der Waals surface area contributed by atoms with E-state index in [2.05, 4.69) is 10.2 Å². The maximum Gasteiger partial charge on any atom is 0.248 e. The molecule has 0 bridgehead atoms. The quantitative estimate of drug-likeness (QED) is 0.734. The normalized spacial score (nSPS) is 11.0. The zero-order chi connectivity index (χ0) is 13.8. The lowest BCUT2D eigenvalue weighted by Crippen LogP contribution is -1.82. The van der Waals surface area contributed by atoms with Crippen molar-refractivity contribution >= 4 is 17.8 Å². The summed E-state index contributed by atoms with van der Waals surface area (Å²) in [7, 11) is 0. The van der Waals surface area contributed by atoms with E-state index in [-0.39, 0.29) is 0 Å². The number of rotatable bonds is 3. The summed E-state index contributed by atoms with van der Waals surface area (Å²) in [5.41, 5.74) is 8.31. The van der Waals surface area contributed by atoms with E-state index in [4.69, 9.17) is 10.2 Å². The van der Waals surface area contributed by atoms with Crippen LogP contribution in [-0.4, -0.2) is 10.2 Å². The molecule has 0 unspecified atom stereocenters. The van der Waals surface area contributed by atoms with Crippen molar-refractivity contribution in [2.45, 2.75) is 0 Å². The largest absolute Gasteiger partial charge is 0.417 e. The fourth-order valence-electron chi connectivity index (χ4n) is 1.77. The Morgan fingerprint density at radius 3 is 2.35 bits per heavy atom. The van der Waals surface area contributed by atoms with Crippen LogP contribution < -0.4 is 5.73 Å². The molecule has 4 heteroatoms. The standard InChI is InChI=1S/C16H13N3O/c17-14-9-6-12(7-10-14)8-11-15-18-19-16(20-15)13-4-2-1-3-5-13/h1-11H,17H2. The number of nitrogens with zero attached hydrogens (tertiary/aromatic N) is 2. The average Bonchev–Trinajstić information content (AvgIpc) is 2.97. The minimum absolute atomic E-state index is 0.473. The van der Waals surface area contributed by atoms with Gasteiger partial charge in [-0.3, -0.25) is 0 Å². The molecular formula is C16H13N3O. The van der Waals surface area contributed by atoms with Crippen LogP contribution in [0.2, 0.25) is 0 Å². The van der Waals surface area contributed by atoms with Gasteiger partial charge in [0.1, 0.15) is 0 Å². The van der Waals surface area contributed by atoms with Crippen molar-refractivity contribution in [3.05, 3.63) is 66.1 Å². The molecular weight excluding hydrogens is 250 g/mol. The smallest absolute Gasteiger partial charge is 0.248 e. The highest BCUT2D eigenvalue weighted by Gasteiger charge is 2.05. The highest BCUT2D eigenvalue weighted by Crippen LogP contribution is 2.18. The van der Waals surface area contributed by atoms with E-state index < -0.39 is 0 Å². The van der Waals surface area contributed by atoms with Gasteiger partial charge in [0.25, 0.3) is 0 Å². The molecule has 2 aromatic carbocycles. The van der Waals surface area contributed by atoms with E-state index in [0.717, 1.165) is 16.8 Å². The molecule has 0 aliphatic carbocycles. The van der Waals surface area contributed by atoms with Crippen molar-refractivity contribution in [2.24, 2.45) is 0 Å². The van der Waals surface area contributed by atoms with Gasteiger partial charge in [-0.15, -0.1) is 10.2 Å². The summed E-state index contributed by atoms with van der Waals surface area (Å²) < 4.78 is 5.58. The van der Waals surface area contributed by atoms with Crippen molar-refractivity contribution in [2.75, 3.05) is 5.73 Å². The summed E-state index contributed by atoms with van der Waals surface area (Å²) in [4.78, 5) is 0. The van der Waals surface area contributed by atoms with Crippen LogP contribution in [0, 0.1) is 0 Å². The predicted molar refractivity (Wildman–Crippen MR) is 79.5 cm³/mol. The first-order valence-corrected chi connectivity index (χ1v) is 6.24. The van der Waals surface area contributed by atoms with Crippen molar-refractivity contribution in [1.82, 2.24) is 10.2 Å². The number of aromatic nitrogens is 2. The zero-order valence-electron chi connectivity index (χ0n) is 10.7. The Kier molecular flexibility index (Phi) is 3.29. The Bertz CT molecular complexity index is 715. The molecule has 4 nitrogen and oxygen atoms in total. The summed E-state index contributed by atoms with van der Waals surface area (Å²) in [5.74, 6) is 0.989. The SMILES string of the molecule is Nc1ccc(C=Cc2nnc(-c3ccccc3)o2)cc1. The average molecular weight is 263 g/mol. The van der Waals surface area contributed by atoms with E-state index in [1.54, 1.807) is 6.08 Å². The van der Waals surface area contributed by atoms with E-state index in [1.807, 2.05) is 60.7 Å². The third kappa shape index (κ3) is 2.75. The van der Waals surface area contributed by atoms with Crippen molar-refractivity contribution in [3.8, 4) is 11.5 Å². The van der Waals surface area contributed by atoms with Crippen LogP contribution >= 0.6 is 0 Å². The highest BCUT2D eigenvalue weighted by molar-refractivity contribution is 5.67. The van der Waals surface area contributed by atoms with E-state index >= 15 is 0 Å². The van der Waals surface area contributed by atoms with Crippen molar-refractivity contribution in [1.29, 1.82) is 0 Å². The molecule has 0 saturated carbocycles. The van der Waals surface area contributed by atoms with Crippen LogP contribution in [0.1, 0.15) is 11.5 Å². The van der Waals surface area contributed by atoms with Gasteiger partial charge in [-0.05, 0) is 35.9 Å². The highest BCUT2D eigenvalue weighted by atomic mass is 16.4. The van der Waals surface area contributed by atoms with Crippen LogP contribution in [0.4, 0.5) is 5.69 Å². The van der Waals surface area contributed by atoms with E-state index in [9.17, 15) is 0 Å². The Hall–Kier alpha value is -2.88. The van der Waals surface area contributed by atoms with E-state index in [0.29, 0.717) is 11.8 Å². The molecule has 0 aliphatic heterocycles. The van der Waals surface area contributed by atoms with Crippen molar-refractivity contribution < 1.29 is 4.42 Å². The lowest BCUT2D eigenvalue weighted by Gasteiger charge is -1.93. The molecule has 0 saturated heterocycles. The number of nitrogens with two attached hydrogens (primary N) is 1. The lowest BCUT2D eigenvalue weighted by atomic mass is 10.2. The second-order valence-electron chi connectivity index (χ2n) is 4.31. The van der Waals surface area contributed by atoms with Crippen LogP contribution in [0.25, 0.3) is 23.6 Å². The first-order valence-electron chi connectivity index (χ1n) is 6.24. The first kappa shape index (κ1) is 12.2. The Morgan fingerprint density at radius 1 is 0.850 bits per heavy atom. The minimum Gasteiger partial charge on any atom is -0.417 e. The first-order chi connectivity index (χ1) is 9.81. The van der Waals surface area contributed by atoms with E-state index in [1.165, 1.54) is 0 Å². The lowest BCUT2D eigenvalue weighted by molar-refractivity contribution is 0.558. The topological polar surface area (TPSA) is 64.9 Å². The fourth-order valence-corrected chi connectivity index (χ4v) is 1.77. The fraction of sp³-hybridized carbons (Fsp3) is 0. The minimum atomic E-state index is 0.473. The molecule has 1 heterocycles. The molecule has 2 N–H and O–H groups in total. The second kappa shape index (κ2) is 5.40. The number of benzene rings is 2. The van der Waals surface area contributed by atoms with Gasteiger partial charge in [-0.25, -0.2) is 0 Å². The number of nitrogen functional groups attached to an aromatic ring is 1. The molecule has 1 aromatic heterocycles. The molecule has 3 rings (SSSR count). The van der Waals surface area contributed by atoms with Crippen LogP contribution in [-0.2, 0) is 0 Å². The molecule has 98 valence electrons. The second-order valence-corrected chi connectivity index (χ2v) is 4.31. The van der Waals surface area contributed by atoms with Gasteiger partial charge in [-0.1, -0.05) is 30.3 Å². The molecule has 0 spiro atoms. The summed E-state index contributed by atoms with van der Waals surface area (Å²) in [5, 5.41) is 8.02. The van der Waals surface area contributed by atoms with Gasteiger partial charge in [0.05, 0.1) is 0 Å². The molecule has 0 aliphatic rings. The molecule has 0 fully saturated rings. The molecule has 20 heavy (non-hydrogen) atoms. The maximum atomic E-state index is 5.64. The summed E-state index contributed by atoms with van der Waals surface area (Å²) >= 11 is 0. The summed E-state index contributed by atoms with van der Waals surface area (Å²) in [6, 6.07) is 17.2. The Labute approximate surface area is 116 Å². The van der Waals surface area contributed by atoms with Crippen LogP contribution in [0.3, 0.4) is 0 Å². The molecule has 0 amide bonds. The number of hydrogen-bond acceptors (Lipinski definition) is 4. The maximum absolute atomic E-state index is 5.64. The molecule has 3 aromatic rings. The Balaban J connectivity index is 1.79. The van der Waals surface area contributed by atoms with Crippen LogP contribution in [0.15, 0.2) is 59.0 Å². The van der Waals surface area contributed by atoms with Gasteiger partial charge in [0.15, 0.2) is 0 Å². The number of hydrogen-bond donors (Lipinski definition) is 1. The monoisotopic (exact) mass is 263 g/mol. The van der Waals surface area contributed by atoms with Gasteiger partial charge >= 0.3 is 0 Å². The van der Waals surface area contributed by atoms with Gasteiger partial charge in [0, 0.05) is 17.3 Å². The van der Waals surface area contributed by atoms with Gasteiger partial charge in [0.2, 0.25) is 11.8 Å². The summed E-state index contributed by atoms with van der Waals surface area (Å²) in [6.07, 6.45) is 3.69.